The standard InChI is InChI=1S/C22H21Cl2N3O4S/c1-15-25-20(13-32-15)30-12-17-18(23)8-9-19(22(17)24)26(2)21(29)10-27(14-28)31-11-16-6-4-3-5-7-16/h3-9,13-14H,10-12H2,1-2H3. The zero-order valence-electron chi connectivity index (χ0n) is 17.5. The summed E-state index contributed by atoms with van der Waals surface area (Å²) in [5.41, 5.74) is 1.84. The first kappa shape index (κ1) is 24.0. The molecule has 0 fully saturated rings. The highest BCUT2D eigenvalue weighted by molar-refractivity contribution is 7.09. The number of rotatable bonds is 10. The summed E-state index contributed by atoms with van der Waals surface area (Å²) in [6.07, 6.45) is 0.466. The Bertz CT molecular complexity index is 1080. The summed E-state index contributed by atoms with van der Waals surface area (Å²) in [5, 5.41) is 4.31. The molecule has 1 heterocycles. The summed E-state index contributed by atoms with van der Waals surface area (Å²) in [4.78, 5) is 35.2. The van der Waals surface area contributed by atoms with Crippen molar-refractivity contribution in [3.8, 4) is 5.88 Å². The van der Waals surface area contributed by atoms with Crippen LogP contribution in [0.15, 0.2) is 47.8 Å². The largest absolute Gasteiger partial charge is 0.472 e. The molecule has 0 bridgehead atoms. The number of amides is 2. The van der Waals surface area contributed by atoms with Gasteiger partial charge >= 0.3 is 0 Å². The predicted molar refractivity (Wildman–Crippen MR) is 125 cm³/mol. The number of ether oxygens (including phenoxy) is 1. The Hall–Kier alpha value is -2.65. The van der Waals surface area contributed by atoms with Gasteiger partial charge in [0.05, 0.1) is 21.1 Å². The molecule has 3 aromatic rings. The van der Waals surface area contributed by atoms with E-state index in [1.165, 1.54) is 16.2 Å². The molecular weight excluding hydrogens is 473 g/mol. The number of carbonyl (C=O) groups excluding carboxylic acids is 2. The number of benzene rings is 2. The highest BCUT2D eigenvalue weighted by atomic mass is 35.5. The minimum Gasteiger partial charge on any atom is -0.472 e. The third kappa shape index (κ3) is 6.20. The molecule has 0 N–H and O–H groups in total. The lowest BCUT2D eigenvalue weighted by Gasteiger charge is -2.23. The summed E-state index contributed by atoms with van der Waals surface area (Å²) in [6, 6.07) is 12.6. The van der Waals surface area contributed by atoms with Gasteiger partial charge in [0.1, 0.15) is 19.8 Å². The number of thiazole rings is 1. The summed E-state index contributed by atoms with van der Waals surface area (Å²) < 4.78 is 5.68. The Morgan fingerprint density at radius 2 is 1.91 bits per heavy atom. The average molecular weight is 494 g/mol. The van der Waals surface area contributed by atoms with Crippen molar-refractivity contribution in [1.29, 1.82) is 0 Å². The van der Waals surface area contributed by atoms with Crippen molar-refractivity contribution in [2.45, 2.75) is 20.1 Å². The van der Waals surface area contributed by atoms with E-state index in [1.807, 2.05) is 37.3 Å². The second-order valence-corrected chi connectivity index (χ2v) is 8.59. The minimum absolute atomic E-state index is 0.0946. The minimum atomic E-state index is -0.392. The molecule has 0 aliphatic carbocycles. The van der Waals surface area contributed by atoms with Crippen LogP contribution in [0.4, 0.5) is 5.69 Å². The normalized spacial score (nSPS) is 10.6. The van der Waals surface area contributed by atoms with Gasteiger partial charge in [-0.25, -0.2) is 10.0 Å². The van der Waals surface area contributed by atoms with Crippen molar-refractivity contribution in [1.82, 2.24) is 10.0 Å². The van der Waals surface area contributed by atoms with Gasteiger partial charge in [-0.05, 0) is 24.6 Å². The van der Waals surface area contributed by atoms with Crippen LogP contribution in [0.2, 0.25) is 10.0 Å². The average Bonchev–Trinajstić information content (AvgIpc) is 3.21. The fourth-order valence-corrected chi connectivity index (χ4v) is 3.89. The highest BCUT2D eigenvalue weighted by Gasteiger charge is 2.21. The Morgan fingerprint density at radius 1 is 1.16 bits per heavy atom. The predicted octanol–water partition coefficient (Wildman–Crippen LogP) is 4.89. The number of anilines is 1. The lowest BCUT2D eigenvalue weighted by molar-refractivity contribution is -0.179. The molecular formula is C22H21Cl2N3O4S. The summed E-state index contributed by atoms with van der Waals surface area (Å²) in [5.74, 6) is 0.0861. The Morgan fingerprint density at radius 3 is 2.56 bits per heavy atom. The van der Waals surface area contributed by atoms with E-state index in [-0.39, 0.29) is 24.8 Å². The van der Waals surface area contributed by atoms with E-state index >= 15 is 0 Å². The lowest BCUT2D eigenvalue weighted by Crippen LogP contribution is -2.38. The van der Waals surface area contributed by atoms with E-state index in [2.05, 4.69) is 4.98 Å². The molecule has 7 nitrogen and oxygen atoms in total. The Balaban J connectivity index is 1.66. The molecule has 0 aliphatic rings. The first-order valence-electron chi connectivity index (χ1n) is 9.56. The van der Waals surface area contributed by atoms with E-state index in [0.717, 1.165) is 15.6 Å². The number of nitrogens with zero attached hydrogens (tertiary/aromatic N) is 3. The smallest absolute Gasteiger partial charge is 0.249 e. The van der Waals surface area contributed by atoms with Crippen LogP contribution >= 0.6 is 34.5 Å². The first-order valence-corrected chi connectivity index (χ1v) is 11.2. The van der Waals surface area contributed by atoms with Gasteiger partial charge in [0.15, 0.2) is 0 Å². The first-order chi connectivity index (χ1) is 15.4. The second-order valence-electron chi connectivity index (χ2n) is 6.74. The summed E-state index contributed by atoms with van der Waals surface area (Å²) in [7, 11) is 1.56. The summed E-state index contributed by atoms with van der Waals surface area (Å²) >= 11 is 14.3. The monoisotopic (exact) mass is 493 g/mol. The van der Waals surface area contributed by atoms with Crippen molar-refractivity contribution in [2.75, 3.05) is 18.5 Å². The van der Waals surface area contributed by atoms with Crippen LogP contribution in [0.25, 0.3) is 0 Å². The zero-order valence-corrected chi connectivity index (χ0v) is 19.8. The van der Waals surface area contributed by atoms with Gasteiger partial charge in [-0.1, -0.05) is 53.5 Å². The third-order valence-corrected chi connectivity index (χ3v) is 6.04. The fraction of sp³-hybridized carbons (Fsp3) is 0.227. The molecule has 168 valence electrons. The molecule has 3 rings (SSSR count). The molecule has 2 aromatic carbocycles. The molecule has 10 heteroatoms. The number of carbonyl (C=O) groups is 2. The van der Waals surface area contributed by atoms with Crippen molar-refractivity contribution in [3.05, 3.63) is 74.0 Å². The van der Waals surface area contributed by atoms with E-state index < -0.39 is 5.91 Å². The number of likely N-dealkylation sites (N-methyl/N-ethyl adjacent to an activating group) is 1. The number of hydroxylamine groups is 2. The topological polar surface area (TPSA) is 72.0 Å². The SMILES string of the molecule is Cc1nc(OCc2c(Cl)ccc(N(C)C(=O)CN(C=O)OCc3ccccc3)c2Cl)cs1. The molecule has 0 aliphatic heterocycles. The fourth-order valence-electron chi connectivity index (χ4n) is 2.75. The van der Waals surface area contributed by atoms with E-state index in [4.69, 9.17) is 32.8 Å². The molecule has 0 unspecified atom stereocenters. The van der Waals surface area contributed by atoms with Crippen LogP contribution in [0.3, 0.4) is 0 Å². The molecule has 0 saturated heterocycles. The molecule has 1 aromatic heterocycles. The Labute approximate surface area is 200 Å². The van der Waals surface area contributed by atoms with Crippen molar-refractivity contribution in [3.63, 3.8) is 0 Å². The number of hydrogen-bond acceptors (Lipinski definition) is 6. The van der Waals surface area contributed by atoms with E-state index in [0.29, 0.717) is 28.6 Å². The number of aryl methyl sites for hydroxylation is 1. The van der Waals surface area contributed by atoms with E-state index in [9.17, 15) is 9.59 Å². The lowest BCUT2D eigenvalue weighted by atomic mass is 10.2. The maximum absolute atomic E-state index is 12.8. The van der Waals surface area contributed by atoms with Crippen molar-refractivity contribution in [2.24, 2.45) is 0 Å². The zero-order chi connectivity index (χ0) is 23.1. The third-order valence-electron chi connectivity index (χ3n) is 4.51. The van der Waals surface area contributed by atoms with E-state index in [1.54, 1.807) is 24.6 Å². The highest BCUT2D eigenvalue weighted by Crippen LogP contribution is 2.34. The van der Waals surface area contributed by atoms with Gasteiger partial charge in [-0.15, -0.1) is 11.3 Å². The van der Waals surface area contributed by atoms with Crippen LogP contribution in [0, 0.1) is 6.92 Å². The van der Waals surface area contributed by atoms with Gasteiger partial charge in [-0.3, -0.25) is 14.4 Å². The molecule has 0 spiro atoms. The quantitative estimate of drug-likeness (QED) is 0.297. The number of hydrogen-bond donors (Lipinski definition) is 0. The van der Waals surface area contributed by atoms with Crippen molar-refractivity contribution >= 4 is 52.5 Å². The van der Waals surface area contributed by atoms with Crippen LogP contribution in [0.5, 0.6) is 5.88 Å². The van der Waals surface area contributed by atoms with Crippen LogP contribution in [-0.2, 0) is 27.6 Å². The van der Waals surface area contributed by atoms with Gasteiger partial charge < -0.3 is 9.64 Å². The second kappa shape index (κ2) is 11.3. The van der Waals surface area contributed by atoms with Crippen LogP contribution in [0.1, 0.15) is 16.1 Å². The summed E-state index contributed by atoms with van der Waals surface area (Å²) in [6.45, 7) is 1.85. The van der Waals surface area contributed by atoms with Gasteiger partial charge in [0, 0.05) is 17.6 Å². The van der Waals surface area contributed by atoms with Gasteiger partial charge in [-0.2, -0.15) is 0 Å². The van der Waals surface area contributed by atoms with Crippen LogP contribution < -0.4 is 9.64 Å². The van der Waals surface area contributed by atoms with Gasteiger partial charge in [0.25, 0.3) is 0 Å². The number of aromatic nitrogens is 1. The number of halogens is 2. The molecule has 0 saturated carbocycles. The molecule has 2 amide bonds. The maximum atomic E-state index is 12.8. The molecule has 0 radical (unpaired) electrons. The maximum Gasteiger partial charge on any atom is 0.249 e. The van der Waals surface area contributed by atoms with Crippen molar-refractivity contribution < 1.29 is 19.2 Å². The Kier molecular flexibility index (Phi) is 8.46. The molecule has 0 atom stereocenters. The van der Waals surface area contributed by atoms with Crippen LogP contribution in [-0.4, -0.2) is 36.0 Å². The molecule has 32 heavy (non-hydrogen) atoms. The van der Waals surface area contributed by atoms with Gasteiger partial charge in [0.2, 0.25) is 18.2 Å².